The fourth-order valence-electron chi connectivity index (χ4n) is 5.19. The Bertz CT molecular complexity index is 886. The molecule has 0 aliphatic carbocycles. The summed E-state index contributed by atoms with van der Waals surface area (Å²) in [7, 11) is -3.19. The maximum atomic E-state index is 13.1. The highest BCUT2D eigenvalue weighted by Gasteiger charge is 2.52. The fraction of sp³-hybridized carbons (Fsp3) is 0.722. The van der Waals surface area contributed by atoms with Crippen LogP contribution in [0.25, 0.3) is 0 Å². The molecular formula is C18H27Cl2N3O4S2. The number of carbonyl (C=O) groups excluding carboxylic acids is 1. The van der Waals surface area contributed by atoms with Crippen molar-refractivity contribution >= 4 is 51.9 Å². The van der Waals surface area contributed by atoms with Crippen molar-refractivity contribution in [2.24, 2.45) is 11.7 Å². The number of ether oxygens (including phenoxy) is 1. The summed E-state index contributed by atoms with van der Waals surface area (Å²) < 4.78 is 30.8. The summed E-state index contributed by atoms with van der Waals surface area (Å²) >= 11 is 1.55. The van der Waals surface area contributed by atoms with E-state index in [0.717, 1.165) is 32.4 Å². The molecule has 29 heavy (non-hydrogen) atoms. The van der Waals surface area contributed by atoms with Gasteiger partial charge >= 0.3 is 0 Å². The number of likely N-dealkylation sites (tertiary alicyclic amines) is 1. The van der Waals surface area contributed by atoms with Gasteiger partial charge in [0.05, 0.1) is 28.1 Å². The summed E-state index contributed by atoms with van der Waals surface area (Å²) in [4.78, 5) is 16.8. The predicted molar refractivity (Wildman–Crippen MR) is 117 cm³/mol. The number of nitrogens with two attached hydrogens (primary N) is 1. The summed E-state index contributed by atoms with van der Waals surface area (Å²) in [5.74, 6) is -0.145. The van der Waals surface area contributed by atoms with Gasteiger partial charge in [-0.15, -0.1) is 36.2 Å². The Morgan fingerprint density at radius 2 is 2.00 bits per heavy atom. The molecular weight excluding hydrogens is 457 g/mol. The van der Waals surface area contributed by atoms with Crippen LogP contribution in [0.2, 0.25) is 0 Å². The summed E-state index contributed by atoms with van der Waals surface area (Å²) in [6, 6.07) is 1.65. The van der Waals surface area contributed by atoms with Gasteiger partial charge in [-0.25, -0.2) is 8.42 Å². The molecule has 3 atom stereocenters. The normalized spacial score (nSPS) is 31.5. The van der Waals surface area contributed by atoms with E-state index in [1.54, 1.807) is 16.2 Å². The first kappa shape index (κ1) is 23.2. The lowest BCUT2D eigenvalue weighted by Crippen LogP contribution is -2.44. The second-order valence-corrected chi connectivity index (χ2v) is 11.6. The highest BCUT2D eigenvalue weighted by molar-refractivity contribution is 7.92. The molecule has 4 aliphatic heterocycles. The molecule has 4 aliphatic rings. The summed E-state index contributed by atoms with van der Waals surface area (Å²) in [6.07, 6.45) is 2.68. The van der Waals surface area contributed by atoms with Crippen LogP contribution in [0, 0.1) is 5.92 Å². The first-order valence-corrected chi connectivity index (χ1v) is 12.2. The Morgan fingerprint density at radius 3 is 2.69 bits per heavy atom. The summed E-state index contributed by atoms with van der Waals surface area (Å²) in [5.41, 5.74) is 6.94. The molecule has 0 unspecified atom stereocenters. The summed E-state index contributed by atoms with van der Waals surface area (Å²) in [6.45, 7) is 3.25. The lowest BCUT2D eigenvalue weighted by atomic mass is 9.83. The van der Waals surface area contributed by atoms with Crippen LogP contribution in [0.5, 0.6) is 0 Å². The van der Waals surface area contributed by atoms with Crippen molar-refractivity contribution in [3.63, 3.8) is 0 Å². The number of fused-ring (bicyclic) bond motifs is 3. The van der Waals surface area contributed by atoms with Gasteiger partial charge in [0, 0.05) is 36.3 Å². The first-order chi connectivity index (χ1) is 12.9. The minimum atomic E-state index is -3.19. The zero-order chi connectivity index (χ0) is 18.8. The smallest absolute Gasteiger partial charge is 0.263 e. The zero-order valence-electron chi connectivity index (χ0n) is 16.0. The number of rotatable bonds is 1. The number of hydrogen-bond acceptors (Lipinski definition) is 7. The summed E-state index contributed by atoms with van der Waals surface area (Å²) in [5, 5.41) is 2.88. The topological polar surface area (TPSA) is 102 Å². The van der Waals surface area contributed by atoms with Crippen molar-refractivity contribution in [2.75, 3.05) is 38.5 Å². The second kappa shape index (κ2) is 8.26. The Hall–Kier alpha value is -0.420. The highest BCUT2D eigenvalue weighted by atomic mass is 35.5. The minimum Gasteiger partial charge on any atom is -0.370 e. The zero-order valence-corrected chi connectivity index (χ0v) is 19.2. The van der Waals surface area contributed by atoms with Crippen LogP contribution in [-0.2, 0) is 26.6 Å². The largest absolute Gasteiger partial charge is 0.370 e. The number of nitrogens with one attached hydrogen (secondary N) is 1. The lowest BCUT2D eigenvalue weighted by Gasteiger charge is -2.40. The molecule has 0 bridgehead atoms. The first-order valence-electron chi connectivity index (χ1n) is 9.64. The third kappa shape index (κ3) is 3.73. The van der Waals surface area contributed by atoms with Crippen molar-refractivity contribution in [3.05, 3.63) is 21.4 Å². The van der Waals surface area contributed by atoms with Crippen LogP contribution < -0.4 is 11.1 Å². The van der Waals surface area contributed by atoms with E-state index in [1.807, 2.05) is 6.07 Å². The Balaban J connectivity index is 0.00000120. The maximum absolute atomic E-state index is 13.1. The molecule has 5 heterocycles. The van der Waals surface area contributed by atoms with Crippen LogP contribution in [0.3, 0.4) is 0 Å². The Morgan fingerprint density at radius 1 is 1.28 bits per heavy atom. The average Bonchev–Trinajstić information content (AvgIpc) is 3.32. The van der Waals surface area contributed by atoms with E-state index in [9.17, 15) is 13.2 Å². The Kier molecular flexibility index (Phi) is 6.62. The monoisotopic (exact) mass is 483 g/mol. The van der Waals surface area contributed by atoms with Crippen molar-refractivity contribution in [1.82, 2.24) is 10.2 Å². The van der Waals surface area contributed by atoms with Crippen molar-refractivity contribution in [3.8, 4) is 0 Å². The number of hydrogen-bond donors (Lipinski definition) is 2. The number of piperidine rings is 1. The van der Waals surface area contributed by atoms with Gasteiger partial charge in [0.25, 0.3) is 5.91 Å². The van der Waals surface area contributed by atoms with Gasteiger partial charge in [-0.2, -0.15) is 0 Å². The van der Waals surface area contributed by atoms with Crippen LogP contribution in [-0.4, -0.2) is 69.1 Å². The second-order valence-electron chi connectivity index (χ2n) is 8.20. The van der Waals surface area contributed by atoms with E-state index < -0.39 is 15.1 Å². The molecule has 1 aromatic rings. The van der Waals surface area contributed by atoms with E-state index >= 15 is 0 Å². The molecule has 5 rings (SSSR count). The van der Waals surface area contributed by atoms with Gasteiger partial charge in [-0.1, -0.05) is 0 Å². The van der Waals surface area contributed by atoms with E-state index in [2.05, 4.69) is 5.32 Å². The number of sulfone groups is 1. The number of halogens is 2. The molecule has 0 radical (unpaired) electrons. The highest BCUT2D eigenvalue weighted by Crippen LogP contribution is 2.44. The van der Waals surface area contributed by atoms with Crippen LogP contribution in [0.1, 0.15) is 33.0 Å². The third-order valence-corrected chi connectivity index (χ3v) is 10.1. The number of carbonyl (C=O) groups is 1. The molecule has 3 N–H and O–H groups in total. The van der Waals surface area contributed by atoms with Crippen LogP contribution in [0.4, 0.5) is 0 Å². The van der Waals surface area contributed by atoms with E-state index in [4.69, 9.17) is 10.5 Å². The van der Waals surface area contributed by atoms with Gasteiger partial charge in [0.1, 0.15) is 0 Å². The predicted octanol–water partition coefficient (Wildman–Crippen LogP) is 0.939. The molecule has 1 spiro atoms. The molecule has 0 aromatic carbocycles. The minimum absolute atomic E-state index is 0. The molecule has 1 aromatic heterocycles. The molecule has 1 amide bonds. The Labute approximate surface area is 187 Å². The van der Waals surface area contributed by atoms with E-state index in [0.29, 0.717) is 18.0 Å². The van der Waals surface area contributed by atoms with Gasteiger partial charge < -0.3 is 20.7 Å². The van der Waals surface area contributed by atoms with Crippen molar-refractivity contribution in [1.29, 1.82) is 0 Å². The average molecular weight is 484 g/mol. The van der Waals surface area contributed by atoms with Gasteiger partial charge in [0.15, 0.2) is 9.84 Å². The van der Waals surface area contributed by atoms with Crippen LogP contribution in [0.15, 0.2) is 6.07 Å². The standard InChI is InChI=1S/C18H25N3O4S2.2ClH/c19-13-10-27(23,24)16-9-21(8-11(13)16)17(22)15-7-12-14(26-15)1-6-25-18(12)2-4-20-5-3-18;;/h7,11,13,16,20H,1-6,8-10,19H2;2*1H/t11-,13+,16-;;/m0../s1. The molecule has 7 nitrogen and oxygen atoms in total. The molecule has 0 saturated carbocycles. The molecule has 164 valence electrons. The number of nitrogens with zero attached hydrogens (tertiary/aromatic N) is 1. The number of thiophene rings is 1. The SMILES string of the molecule is Cl.Cl.N[C@@H]1CS(=O)(=O)[C@H]2CN(C(=O)c3cc4c(s3)CCOC43CCNCC3)C[C@@H]12. The third-order valence-electron chi connectivity index (χ3n) is 6.66. The van der Waals surface area contributed by atoms with Gasteiger partial charge in [0.2, 0.25) is 0 Å². The van der Waals surface area contributed by atoms with Gasteiger partial charge in [-0.05, 0) is 37.6 Å². The van der Waals surface area contributed by atoms with E-state index in [1.165, 1.54) is 10.4 Å². The van der Waals surface area contributed by atoms with E-state index in [-0.39, 0.29) is 60.6 Å². The number of amides is 1. The lowest BCUT2D eigenvalue weighted by molar-refractivity contribution is -0.0792. The molecule has 11 heteroatoms. The molecule has 3 saturated heterocycles. The quantitative estimate of drug-likeness (QED) is 0.616. The van der Waals surface area contributed by atoms with Crippen LogP contribution >= 0.6 is 36.2 Å². The molecule has 3 fully saturated rings. The fourth-order valence-corrected chi connectivity index (χ4v) is 8.65. The van der Waals surface area contributed by atoms with Gasteiger partial charge in [-0.3, -0.25) is 4.79 Å². The van der Waals surface area contributed by atoms with Crippen molar-refractivity contribution in [2.45, 2.75) is 36.2 Å². The van der Waals surface area contributed by atoms with Crippen molar-refractivity contribution < 1.29 is 17.9 Å². The maximum Gasteiger partial charge on any atom is 0.263 e.